The van der Waals surface area contributed by atoms with E-state index in [1.54, 1.807) is 25.1 Å². The van der Waals surface area contributed by atoms with E-state index in [1.807, 2.05) is 18.2 Å². The Morgan fingerprint density at radius 1 is 1.13 bits per heavy atom. The van der Waals surface area contributed by atoms with Gasteiger partial charge in [0.2, 0.25) is 15.9 Å². The number of nitrogens with one attached hydrogen (secondary N) is 1. The Balaban J connectivity index is 1.68. The van der Waals surface area contributed by atoms with Gasteiger partial charge in [0.15, 0.2) is 0 Å². The van der Waals surface area contributed by atoms with Crippen LogP contribution in [0.1, 0.15) is 29.5 Å². The van der Waals surface area contributed by atoms with Gasteiger partial charge in [0, 0.05) is 18.1 Å². The molecule has 0 aliphatic carbocycles. The minimum absolute atomic E-state index is 0.282. The molecule has 0 bridgehead atoms. The summed E-state index contributed by atoms with van der Waals surface area (Å²) in [6, 6.07) is 13.0. The zero-order valence-corrected chi connectivity index (χ0v) is 19.0. The highest BCUT2D eigenvalue weighted by Crippen LogP contribution is 2.25. The van der Waals surface area contributed by atoms with E-state index in [0.29, 0.717) is 22.8 Å². The van der Waals surface area contributed by atoms with Crippen LogP contribution in [0.2, 0.25) is 5.02 Å². The van der Waals surface area contributed by atoms with Crippen LogP contribution in [0.3, 0.4) is 0 Å². The quantitative estimate of drug-likeness (QED) is 0.671. The largest absolute Gasteiger partial charge is 0.350 e. The van der Waals surface area contributed by atoms with Gasteiger partial charge in [0.25, 0.3) is 0 Å². The second-order valence-electron chi connectivity index (χ2n) is 7.73. The molecule has 1 N–H and O–H groups in total. The summed E-state index contributed by atoms with van der Waals surface area (Å²) in [6.45, 7) is 4.92. The van der Waals surface area contributed by atoms with Crippen molar-refractivity contribution < 1.29 is 13.2 Å². The summed E-state index contributed by atoms with van der Waals surface area (Å²) in [6.07, 6.45) is 3.55. The Bertz CT molecular complexity index is 1000. The minimum Gasteiger partial charge on any atom is -0.350 e. The molecule has 1 amide bonds. The van der Waals surface area contributed by atoms with Crippen molar-refractivity contribution in [2.24, 2.45) is 0 Å². The van der Waals surface area contributed by atoms with E-state index in [-0.39, 0.29) is 12.5 Å². The predicted molar refractivity (Wildman–Crippen MR) is 121 cm³/mol. The lowest BCUT2D eigenvalue weighted by Gasteiger charge is -2.24. The lowest BCUT2D eigenvalue weighted by Crippen LogP contribution is -2.40. The number of nitrogens with zero attached hydrogens (tertiary/aromatic N) is 2. The molecule has 1 aliphatic rings. The monoisotopic (exact) mass is 449 g/mol. The smallest absolute Gasteiger partial charge is 0.241 e. The molecule has 1 saturated heterocycles. The van der Waals surface area contributed by atoms with Gasteiger partial charge >= 0.3 is 0 Å². The fourth-order valence-corrected chi connectivity index (χ4v) is 4.87. The van der Waals surface area contributed by atoms with Gasteiger partial charge in [-0.3, -0.25) is 14.0 Å². The third-order valence-corrected chi connectivity index (χ3v) is 6.66. The van der Waals surface area contributed by atoms with Crippen LogP contribution in [0.15, 0.2) is 42.5 Å². The number of sulfonamides is 1. The van der Waals surface area contributed by atoms with Gasteiger partial charge in [-0.05, 0) is 67.7 Å². The van der Waals surface area contributed by atoms with Crippen molar-refractivity contribution >= 4 is 33.2 Å². The van der Waals surface area contributed by atoms with Gasteiger partial charge in [0.1, 0.15) is 6.54 Å². The molecule has 6 nitrogen and oxygen atoms in total. The Labute approximate surface area is 183 Å². The zero-order valence-electron chi connectivity index (χ0n) is 17.4. The van der Waals surface area contributed by atoms with E-state index in [9.17, 15) is 13.2 Å². The molecule has 0 radical (unpaired) electrons. The Morgan fingerprint density at radius 2 is 1.80 bits per heavy atom. The first-order chi connectivity index (χ1) is 14.2. The average Bonchev–Trinajstić information content (AvgIpc) is 3.18. The number of rotatable bonds is 8. The number of hydrogen-bond donors (Lipinski definition) is 1. The van der Waals surface area contributed by atoms with E-state index in [1.165, 1.54) is 18.4 Å². The van der Waals surface area contributed by atoms with Crippen molar-refractivity contribution in [3.8, 4) is 0 Å². The number of halogens is 1. The third-order valence-electron chi connectivity index (χ3n) is 5.30. The lowest BCUT2D eigenvalue weighted by molar-refractivity contribution is -0.119. The van der Waals surface area contributed by atoms with Crippen LogP contribution < -0.4 is 9.62 Å². The number of aryl methyl sites for hydroxylation is 1. The molecule has 0 saturated carbocycles. The number of carbonyl (C=O) groups excluding carboxylic acids is 1. The maximum absolute atomic E-state index is 12.6. The highest BCUT2D eigenvalue weighted by atomic mass is 35.5. The molecule has 2 aromatic rings. The number of benzene rings is 2. The molecule has 1 heterocycles. The molecule has 1 aliphatic heterocycles. The molecule has 0 spiro atoms. The summed E-state index contributed by atoms with van der Waals surface area (Å²) in [5.74, 6) is -0.356. The molecule has 1 fully saturated rings. The molecule has 0 atom stereocenters. The average molecular weight is 450 g/mol. The number of likely N-dealkylation sites (tertiary alicyclic amines) is 1. The van der Waals surface area contributed by atoms with Crippen LogP contribution in [-0.4, -0.2) is 45.1 Å². The highest BCUT2D eigenvalue weighted by molar-refractivity contribution is 7.92. The van der Waals surface area contributed by atoms with Crippen molar-refractivity contribution in [3.05, 3.63) is 64.2 Å². The van der Waals surface area contributed by atoms with Crippen molar-refractivity contribution in [3.63, 3.8) is 0 Å². The number of amides is 1. The SMILES string of the molecule is Cc1cc(Cl)ccc1N(CC(=O)NCc1ccccc1CN1CCCC1)S(C)(=O)=O. The Morgan fingerprint density at radius 3 is 2.43 bits per heavy atom. The molecular formula is C22H28ClN3O3S. The summed E-state index contributed by atoms with van der Waals surface area (Å²) in [5, 5.41) is 3.40. The van der Waals surface area contributed by atoms with Gasteiger partial charge < -0.3 is 5.32 Å². The standard InChI is InChI=1S/C22H28ClN3O3S/c1-17-13-20(23)9-10-21(17)26(30(2,28)29)16-22(27)24-14-18-7-3-4-8-19(18)15-25-11-5-6-12-25/h3-4,7-10,13H,5-6,11-12,14-16H2,1-2H3,(H,24,27). The van der Waals surface area contributed by atoms with Crippen LogP contribution in [0.5, 0.6) is 0 Å². The number of hydrogen-bond acceptors (Lipinski definition) is 4. The second-order valence-corrected chi connectivity index (χ2v) is 10.1. The zero-order chi connectivity index (χ0) is 21.7. The lowest BCUT2D eigenvalue weighted by atomic mass is 10.1. The number of anilines is 1. The summed E-state index contributed by atoms with van der Waals surface area (Å²) in [7, 11) is -3.63. The van der Waals surface area contributed by atoms with Crippen molar-refractivity contribution in [2.45, 2.75) is 32.9 Å². The summed E-state index contributed by atoms with van der Waals surface area (Å²) >= 11 is 5.98. The van der Waals surface area contributed by atoms with Crippen molar-refractivity contribution in [2.75, 3.05) is 30.2 Å². The van der Waals surface area contributed by atoms with E-state index in [4.69, 9.17) is 11.6 Å². The maximum atomic E-state index is 12.6. The van der Waals surface area contributed by atoms with E-state index in [0.717, 1.165) is 35.8 Å². The van der Waals surface area contributed by atoms with Gasteiger partial charge in [0.05, 0.1) is 11.9 Å². The summed E-state index contributed by atoms with van der Waals surface area (Å²) < 4.78 is 25.8. The first-order valence-electron chi connectivity index (χ1n) is 10.0. The van der Waals surface area contributed by atoms with Crippen LogP contribution in [0.4, 0.5) is 5.69 Å². The van der Waals surface area contributed by atoms with Crippen molar-refractivity contribution in [1.82, 2.24) is 10.2 Å². The molecule has 0 unspecified atom stereocenters. The van der Waals surface area contributed by atoms with Gasteiger partial charge in [-0.15, -0.1) is 0 Å². The number of carbonyl (C=O) groups is 1. The molecule has 3 rings (SSSR count). The van der Waals surface area contributed by atoms with Gasteiger partial charge in [-0.25, -0.2) is 8.42 Å². The first-order valence-corrected chi connectivity index (χ1v) is 12.3. The van der Waals surface area contributed by atoms with Crippen LogP contribution in [0.25, 0.3) is 0 Å². The predicted octanol–water partition coefficient (Wildman–Crippen LogP) is 3.33. The Hall–Kier alpha value is -2.09. The van der Waals surface area contributed by atoms with Crippen LogP contribution >= 0.6 is 11.6 Å². The topological polar surface area (TPSA) is 69.7 Å². The molecule has 0 aromatic heterocycles. The molecule has 8 heteroatoms. The molecule has 2 aromatic carbocycles. The second kappa shape index (κ2) is 9.81. The third kappa shape index (κ3) is 5.97. The van der Waals surface area contributed by atoms with Crippen LogP contribution in [-0.2, 0) is 27.9 Å². The van der Waals surface area contributed by atoms with Crippen molar-refractivity contribution in [1.29, 1.82) is 0 Å². The van der Waals surface area contributed by atoms with E-state index >= 15 is 0 Å². The maximum Gasteiger partial charge on any atom is 0.241 e. The van der Waals surface area contributed by atoms with Gasteiger partial charge in [-0.2, -0.15) is 0 Å². The summed E-state index contributed by atoms with van der Waals surface area (Å²) in [4.78, 5) is 15.0. The van der Waals surface area contributed by atoms with E-state index < -0.39 is 10.0 Å². The molecule has 162 valence electrons. The molecule has 30 heavy (non-hydrogen) atoms. The Kier molecular flexibility index (Phi) is 7.39. The highest BCUT2D eigenvalue weighted by Gasteiger charge is 2.22. The normalized spacial score (nSPS) is 14.6. The van der Waals surface area contributed by atoms with Gasteiger partial charge in [-0.1, -0.05) is 35.9 Å². The minimum atomic E-state index is -3.63. The first kappa shape index (κ1) is 22.6. The van der Waals surface area contributed by atoms with E-state index in [2.05, 4.69) is 16.3 Å². The van der Waals surface area contributed by atoms with Crippen LogP contribution in [0, 0.1) is 6.92 Å². The fraction of sp³-hybridized carbons (Fsp3) is 0.409. The summed E-state index contributed by atoms with van der Waals surface area (Å²) in [5.41, 5.74) is 3.38. The molecular weight excluding hydrogens is 422 g/mol. The fourth-order valence-electron chi connectivity index (χ4n) is 3.73.